The van der Waals surface area contributed by atoms with Crippen molar-refractivity contribution in [2.75, 3.05) is 0 Å². The maximum Gasteiger partial charge on any atom is 0 e. The average molecular weight is 220 g/mol. The third kappa shape index (κ3) is 39.1. The van der Waals surface area contributed by atoms with Gasteiger partial charge in [0.1, 0.15) is 0 Å². The van der Waals surface area contributed by atoms with Gasteiger partial charge in [-0.2, -0.15) is 0 Å². The minimum atomic E-state index is 0. The van der Waals surface area contributed by atoms with E-state index in [1.807, 2.05) is 0 Å². The monoisotopic (exact) mass is 218 g/mol. The first-order valence-electron chi connectivity index (χ1n) is 0.408. The Morgan fingerprint density at radius 3 is 1.00 bits per heavy atom. The predicted octanol–water partition coefficient (Wildman–Crippen LogP) is -5.77. The van der Waals surface area contributed by atoms with E-state index in [9.17, 15) is 0 Å². The molecule has 0 fully saturated rings. The minimum absolute atomic E-state index is 0. The van der Waals surface area contributed by atoms with Crippen LogP contribution in [0.4, 0.5) is 0 Å². The van der Waals surface area contributed by atoms with Crippen molar-refractivity contribution in [3.05, 3.63) is 13.2 Å². The summed E-state index contributed by atoms with van der Waals surface area (Å²) in [6, 6.07) is 0. The van der Waals surface area contributed by atoms with Crippen LogP contribution in [0.15, 0.2) is 6.58 Å². The van der Waals surface area contributed by atoms with Crippen LogP contribution in [0.25, 0.3) is 0 Å². The van der Waals surface area contributed by atoms with Crippen molar-refractivity contribution in [2.24, 2.45) is 0 Å². The van der Waals surface area contributed by atoms with Gasteiger partial charge in [0, 0.05) is 24.4 Å². The topological polar surface area (TPSA) is 0 Å². The molecular weight excluding hydrogens is 217 g/mol. The molecule has 0 aromatic heterocycles. The molecule has 0 rings (SSSR count). The minimum Gasteiger partial charge on any atom is -1.00 e. The molecule has 0 aliphatic carbocycles. The molecule has 3 heteroatoms. The van der Waals surface area contributed by atoms with E-state index < -0.39 is 0 Å². The van der Waals surface area contributed by atoms with Gasteiger partial charge >= 0.3 is 0 Å². The summed E-state index contributed by atoms with van der Waals surface area (Å²) in [4.78, 5) is 0. The van der Waals surface area contributed by atoms with Gasteiger partial charge in [-0.3, -0.25) is 0 Å². The molecule has 0 saturated heterocycles. The second-order valence-electron chi connectivity index (χ2n) is 0. The molecule has 0 aliphatic rings. The summed E-state index contributed by atoms with van der Waals surface area (Å²) in [5.74, 6) is 0. The van der Waals surface area contributed by atoms with Gasteiger partial charge in [-0.1, -0.05) is 13.2 Å². The summed E-state index contributed by atoms with van der Waals surface area (Å²) in [5, 5.41) is 0. The van der Waals surface area contributed by atoms with Crippen LogP contribution >= 0.6 is 0 Å². The molecule has 0 heterocycles. The Hall–Kier alpha value is 1.14. The fourth-order valence-electron chi connectivity index (χ4n) is 0. The predicted molar refractivity (Wildman–Crippen MR) is 15.7 cm³/mol. The zero-order valence-corrected chi connectivity index (χ0v) is 6.55. The Morgan fingerprint density at radius 2 is 1.00 bits per heavy atom. The van der Waals surface area contributed by atoms with Crippen molar-refractivity contribution >= 4 is 24.4 Å². The zero-order chi connectivity index (χ0) is 2.00. The Labute approximate surface area is 62.3 Å². The molecule has 0 aromatic rings. The van der Waals surface area contributed by atoms with Crippen LogP contribution < -0.4 is 24.8 Å². The Balaban J connectivity index is -0.00000000167. The number of hydrogen-bond donors (Lipinski definition) is 0. The largest absolute Gasteiger partial charge is 1.00 e. The maximum atomic E-state index is 4.25. The van der Waals surface area contributed by atoms with Crippen LogP contribution in [0, 0.1) is 6.58 Å². The van der Waals surface area contributed by atoms with Crippen molar-refractivity contribution in [3.63, 3.8) is 0 Å². The van der Waals surface area contributed by atoms with E-state index >= 15 is 0 Å². The summed E-state index contributed by atoms with van der Waals surface area (Å²) in [5.41, 5.74) is 0. The zero-order valence-electron chi connectivity index (χ0n) is 2.49. The van der Waals surface area contributed by atoms with Crippen molar-refractivity contribution in [1.82, 2.24) is 0 Å². The molecule has 0 aromatic carbocycles. The van der Waals surface area contributed by atoms with Gasteiger partial charge in [-0.15, -0.1) is 0 Å². The quantitative estimate of drug-likeness (QED) is 0.357. The second-order valence-corrected chi connectivity index (χ2v) is 0. The first-order valence-corrected chi connectivity index (χ1v) is 0.408. The Bertz CT molecular complexity index is 7.61. The third-order valence-electron chi connectivity index (χ3n) is 0. The van der Waals surface area contributed by atoms with Crippen LogP contribution in [0.3, 0.4) is 0 Å². The van der Waals surface area contributed by atoms with Gasteiger partial charge in [0.05, 0.1) is 0 Å². The Kier molecular flexibility index (Phi) is 482. The first kappa shape index (κ1) is 35.4. The van der Waals surface area contributed by atoms with Gasteiger partial charge < -0.3 is 24.8 Å². The molecule has 4 radical (unpaired) electrons. The molecule has 0 atom stereocenters. The van der Waals surface area contributed by atoms with Crippen LogP contribution in [0.2, 0.25) is 0 Å². The van der Waals surface area contributed by atoms with Gasteiger partial charge in [-0.05, 0) is 0 Å². The maximum absolute atomic E-state index is 4.25. The molecule has 0 amide bonds. The fraction of sp³-hybridized carbons (Fsp3) is 0. The van der Waals surface area contributed by atoms with Crippen LogP contribution in [-0.2, 0) is 0 Å². The molecule has 32 valence electrons. The van der Waals surface area contributed by atoms with E-state index in [0.717, 1.165) is 0 Å². The van der Waals surface area contributed by atoms with Crippen molar-refractivity contribution < 1.29 is 24.8 Å². The SMILES string of the molecule is [CH]=C.[Cl-].[Cl-].[Sb]. The van der Waals surface area contributed by atoms with Crippen molar-refractivity contribution in [1.29, 1.82) is 0 Å². The smallest absolute Gasteiger partial charge is 0 e. The van der Waals surface area contributed by atoms with Crippen molar-refractivity contribution in [2.45, 2.75) is 0 Å². The molecule has 0 spiro atoms. The first-order chi connectivity index (χ1) is 1.00. The van der Waals surface area contributed by atoms with E-state index in [2.05, 4.69) is 13.2 Å². The molecule has 0 nitrogen and oxygen atoms in total. The second kappa shape index (κ2) is 67.9. The molecule has 5 heavy (non-hydrogen) atoms. The standard InChI is InChI=1S/C2H3.2ClH.Sb/c1-2;;;/h1H,2H2;2*1H;/p-2. The number of rotatable bonds is 0. The van der Waals surface area contributed by atoms with Crippen LogP contribution in [-0.4, -0.2) is 24.4 Å². The molecule has 0 N–H and O–H groups in total. The average Bonchev–Trinajstić information content (AvgIpc) is 1.00. The summed E-state index contributed by atoms with van der Waals surface area (Å²) in [6.07, 6.45) is 0. The van der Waals surface area contributed by atoms with E-state index in [1.165, 1.54) is 0 Å². The number of halogens is 2. The fourth-order valence-corrected chi connectivity index (χ4v) is 0. The van der Waals surface area contributed by atoms with Gasteiger partial charge in [0.15, 0.2) is 0 Å². The molecular formula is C2H3Cl2Sb-2. The summed E-state index contributed by atoms with van der Waals surface area (Å²) < 4.78 is 0. The van der Waals surface area contributed by atoms with E-state index in [0.29, 0.717) is 0 Å². The summed E-state index contributed by atoms with van der Waals surface area (Å²) in [6.45, 7) is 7.00. The van der Waals surface area contributed by atoms with Gasteiger partial charge in [-0.25, -0.2) is 0 Å². The van der Waals surface area contributed by atoms with Crippen LogP contribution in [0.1, 0.15) is 0 Å². The normalized spacial score (nSPS) is 0.800. The van der Waals surface area contributed by atoms with Gasteiger partial charge in [0.2, 0.25) is 0 Å². The van der Waals surface area contributed by atoms with Crippen LogP contribution in [0.5, 0.6) is 0 Å². The van der Waals surface area contributed by atoms with Crippen molar-refractivity contribution in [3.8, 4) is 0 Å². The molecule has 0 aliphatic heterocycles. The van der Waals surface area contributed by atoms with E-state index in [-0.39, 0.29) is 49.2 Å². The van der Waals surface area contributed by atoms with E-state index in [4.69, 9.17) is 0 Å². The molecule has 0 bridgehead atoms. The summed E-state index contributed by atoms with van der Waals surface area (Å²) >= 11 is 0. The molecule has 0 saturated carbocycles. The summed E-state index contributed by atoms with van der Waals surface area (Å²) in [7, 11) is 0. The number of hydrogen-bond acceptors (Lipinski definition) is 0. The van der Waals surface area contributed by atoms with Gasteiger partial charge in [0.25, 0.3) is 0 Å². The third-order valence-corrected chi connectivity index (χ3v) is 0. The molecule has 0 unspecified atom stereocenters. The van der Waals surface area contributed by atoms with E-state index in [1.54, 1.807) is 0 Å². The Morgan fingerprint density at radius 1 is 1.00 bits per heavy atom.